The van der Waals surface area contributed by atoms with E-state index in [0.717, 1.165) is 5.56 Å². The number of nitro benzene ring substituents is 1. The van der Waals surface area contributed by atoms with Crippen LogP contribution in [0.5, 0.6) is 0 Å². The Morgan fingerprint density at radius 3 is 2.56 bits per heavy atom. The Bertz CT molecular complexity index is 831. The van der Waals surface area contributed by atoms with Crippen molar-refractivity contribution in [3.8, 4) is 0 Å². The summed E-state index contributed by atoms with van der Waals surface area (Å²) in [5, 5.41) is 17.1. The lowest BCUT2D eigenvalue weighted by Gasteiger charge is -2.23. The Labute approximate surface area is 145 Å². The molecule has 0 saturated carbocycles. The molecule has 2 aromatic carbocycles. The SMILES string of the molecule is CC(C)C(=O)N1N=C(c2cccc([N+](=O)[O-])c2)C[C@@H]1c1ccccc1. The van der Waals surface area contributed by atoms with Crippen LogP contribution in [0.4, 0.5) is 5.69 Å². The van der Waals surface area contributed by atoms with Gasteiger partial charge in [0.25, 0.3) is 5.69 Å². The molecular formula is C19H19N3O3. The lowest BCUT2D eigenvalue weighted by Crippen LogP contribution is -2.30. The van der Waals surface area contributed by atoms with Gasteiger partial charge in [-0.1, -0.05) is 56.3 Å². The second kappa shape index (κ2) is 6.84. The number of amides is 1. The Kier molecular flexibility index (Phi) is 4.61. The lowest BCUT2D eigenvalue weighted by atomic mass is 9.98. The van der Waals surface area contributed by atoms with Crippen molar-refractivity contribution >= 4 is 17.3 Å². The number of hydrogen-bond acceptors (Lipinski definition) is 4. The van der Waals surface area contributed by atoms with Crippen molar-refractivity contribution in [1.82, 2.24) is 5.01 Å². The maximum atomic E-state index is 12.6. The molecular weight excluding hydrogens is 318 g/mol. The quantitative estimate of drug-likeness (QED) is 0.626. The molecule has 1 atom stereocenters. The van der Waals surface area contributed by atoms with Gasteiger partial charge in [0.05, 0.1) is 16.7 Å². The first-order valence-corrected chi connectivity index (χ1v) is 8.17. The molecule has 3 rings (SSSR count). The van der Waals surface area contributed by atoms with Gasteiger partial charge in [0.1, 0.15) is 0 Å². The highest BCUT2D eigenvalue weighted by molar-refractivity contribution is 6.03. The van der Waals surface area contributed by atoms with Crippen LogP contribution in [0.25, 0.3) is 0 Å². The third-order valence-corrected chi connectivity index (χ3v) is 4.20. The van der Waals surface area contributed by atoms with Crippen molar-refractivity contribution in [2.24, 2.45) is 11.0 Å². The van der Waals surface area contributed by atoms with Crippen LogP contribution >= 0.6 is 0 Å². The first-order valence-electron chi connectivity index (χ1n) is 8.17. The molecule has 0 unspecified atom stereocenters. The zero-order valence-corrected chi connectivity index (χ0v) is 14.1. The largest absolute Gasteiger partial charge is 0.273 e. The van der Waals surface area contributed by atoms with E-state index in [1.807, 2.05) is 44.2 Å². The highest BCUT2D eigenvalue weighted by atomic mass is 16.6. The van der Waals surface area contributed by atoms with Gasteiger partial charge in [-0.3, -0.25) is 14.9 Å². The number of hydrazone groups is 1. The summed E-state index contributed by atoms with van der Waals surface area (Å²) in [5.41, 5.74) is 2.38. The summed E-state index contributed by atoms with van der Waals surface area (Å²) in [6.07, 6.45) is 0.531. The van der Waals surface area contributed by atoms with Crippen molar-refractivity contribution in [3.05, 3.63) is 75.8 Å². The Hall–Kier alpha value is -3.02. The molecule has 0 bridgehead atoms. The number of hydrogen-bond donors (Lipinski definition) is 0. The Morgan fingerprint density at radius 1 is 1.20 bits per heavy atom. The lowest BCUT2D eigenvalue weighted by molar-refractivity contribution is -0.384. The number of nitrogens with zero attached hydrogens (tertiary/aromatic N) is 3. The predicted octanol–water partition coefficient (Wildman–Crippen LogP) is 3.93. The monoisotopic (exact) mass is 337 g/mol. The van der Waals surface area contributed by atoms with E-state index in [2.05, 4.69) is 5.10 Å². The average molecular weight is 337 g/mol. The van der Waals surface area contributed by atoms with Gasteiger partial charge in [-0.2, -0.15) is 5.10 Å². The second-order valence-electron chi connectivity index (χ2n) is 6.32. The van der Waals surface area contributed by atoms with E-state index in [9.17, 15) is 14.9 Å². The first-order chi connectivity index (χ1) is 12.0. The highest BCUT2D eigenvalue weighted by Gasteiger charge is 2.34. The fraction of sp³-hybridized carbons (Fsp3) is 0.263. The standard InChI is InChI=1S/C19H19N3O3/c1-13(2)19(23)21-18(14-7-4-3-5-8-14)12-17(20-21)15-9-6-10-16(11-15)22(24)25/h3-11,13,18H,12H2,1-2H3/t18-/m1/s1. The smallest absolute Gasteiger partial charge is 0.270 e. The molecule has 0 radical (unpaired) electrons. The average Bonchev–Trinajstić information content (AvgIpc) is 3.07. The van der Waals surface area contributed by atoms with Crippen molar-refractivity contribution in [2.45, 2.75) is 26.3 Å². The maximum Gasteiger partial charge on any atom is 0.270 e. The number of carbonyl (C=O) groups is 1. The number of carbonyl (C=O) groups excluding carboxylic acids is 1. The van der Waals surface area contributed by atoms with E-state index in [0.29, 0.717) is 17.7 Å². The fourth-order valence-electron chi connectivity index (χ4n) is 2.89. The molecule has 1 amide bonds. The summed E-state index contributed by atoms with van der Waals surface area (Å²) in [4.78, 5) is 23.2. The van der Waals surface area contributed by atoms with Gasteiger partial charge in [-0.15, -0.1) is 0 Å². The molecule has 1 heterocycles. The molecule has 1 aliphatic heterocycles. The third-order valence-electron chi connectivity index (χ3n) is 4.20. The van der Waals surface area contributed by atoms with Gasteiger partial charge in [0.15, 0.2) is 0 Å². The highest BCUT2D eigenvalue weighted by Crippen LogP contribution is 2.34. The molecule has 0 N–H and O–H groups in total. The molecule has 6 nitrogen and oxygen atoms in total. The molecule has 0 fully saturated rings. The number of nitro groups is 1. The zero-order chi connectivity index (χ0) is 18.0. The normalized spacial score (nSPS) is 16.8. The number of non-ortho nitro benzene ring substituents is 1. The molecule has 0 spiro atoms. The summed E-state index contributed by atoms with van der Waals surface area (Å²) >= 11 is 0. The molecule has 0 aliphatic carbocycles. The van der Waals surface area contributed by atoms with E-state index in [1.165, 1.54) is 17.1 Å². The van der Waals surface area contributed by atoms with Crippen LogP contribution in [0.1, 0.15) is 37.4 Å². The second-order valence-corrected chi connectivity index (χ2v) is 6.32. The molecule has 6 heteroatoms. The molecule has 128 valence electrons. The first kappa shape index (κ1) is 16.8. The Morgan fingerprint density at radius 2 is 1.92 bits per heavy atom. The predicted molar refractivity (Wildman–Crippen MR) is 95.1 cm³/mol. The third kappa shape index (κ3) is 3.42. The minimum Gasteiger partial charge on any atom is -0.273 e. The van der Waals surface area contributed by atoms with Crippen LogP contribution in [-0.2, 0) is 4.79 Å². The zero-order valence-electron chi connectivity index (χ0n) is 14.1. The molecule has 1 aliphatic rings. The van der Waals surface area contributed by atoms with E-state index < -0.39 is 4.92 Å². The van der Waals surface area contributed by atoms with Gasteiger partial charge >= 0.3 is 0 Å². The summed E-state index contributed by atoms with van der Waals surface area (Å²) in [5.74, 6) is -0.242. The number of benzene rings is 2. The molecule has 0 saturated heterocycles. The van der Waals surface area contributed by atoms with Gasteiger partial charge in [0, 0.05) is 30.0 Å². The molecule has 25 heavy (non-hydrogen) atoms. The van der Waals surface area contributed by atoms with Crippen LogP contribution in [0, 0.1) is 16.0 Å². The van der Waals surface area contributed by atoms with Crippen molar-refractivity contribution in [2.75, 3.05) is 0 Å². The van der Waals surface area contributed by atoms with E-state index in [4.69, 9.17) is 0 Å². The number of rotatable bonds is 4. The van der Waals surface area contributed by atoms with Crippen LogP contribution in [0.15, 0.2) is 59.7 Å². The van der Waals surface area contributed by atoms with Crippen LogP contribution < -0.4 is 0 Å². The van der Waals surface area contributed by atoms with E-state index in [-0.39, 0.29) is 23.6 Å². The topological polar surface area (TPSA) is 75.8 Å². The van der Waals surface area contributed by atoms with Crippen molar-refractivity contribution in [1.29, 1.82) is 0 Å². The van der Waals surface area contributed by atoms with Crippen LogP contribution in [-0.4, -0.2) is 21.6 Å². The van der Waals surface area contributed by atoms with E-state index >= 15 is 0 Å². The minimum atomic E-state index is -0.426. The summed E-state index contributed by atoms with van der Waals surface area (Å²) < 4.78 is 0. The van der Waals surface area contributed by atoms with Crippen LogP contribution in [0.3, 0.4) is 0 Å². The summed E-state index contributed by atoms with van der Waals surface area (Å²) in [6, 6.07) is 15.9. The van der Waals surface area contributed by atoms with Gasteiger partial charge in [0.2, 0.25) is 5.91 Å². The Balaban J connectivity index is 1.98. The van der Waals surface area contributed by atoms with E-state index in [1.54, 1.807) is 12.1 Å². The summed E-state index contributed by atoms with van der Waals surface area (Å²) in [6.45, 7) is 3.68. The van der Waals surface area contributed by atoms with Gasteiger partial charge in [-0.05, 0) is 5.56 Å². The maximum absolute atomic E-state index is 12.6. The van der Waals surface area contributed by atoms with Crippen molar-refractivity contribution < 1.29 is 9.72 Å². The van der Waals surface area contributed by atoms with Gasteiger partial charge < -0.3 is 0 Å². The summed E-state index contributed by atoms with van der Waals surface area (Å²) in [7, 11) is 0. The molecule has 0 aromatic heterocycles. The van der Waals surface area contributed by atoms with Crippen molar-refractivity contribution in [3.63, 3.8) is 0 Å². The van der Waals surface area contributed by atoms with Crippen LogP contribution in [0.2, 0.25) is 0 Å². The fourth-order valence-corrected chi connectivity index (χ4v) is 2.89. The van der Waals surface area contributed by atoms with Gasteiger partial charge in [-0.25, -0.2) is 5.01 Å². The minimum absolute atomic E-state index is 0.0186. The molecule has 2 aromatic rings.